The fraction of sp³-hybridized carbons (Fsp3) is 0.333. The molecule has 176 valence electrons. The predicted molar refractivity (Wildman–Crippen MR) is 139 cm³/mol. The number of nitrogens with one attached hydrogen (secondary N) is 2. The molecule has 0 spiro atoms. The molecule has 2 aromatic carbocycles. The molecule has 1 aliphatic rings. The fourth-order valence-corrected chi connectivity index (χ4v) is 3.94. The first-order chi connectivity index (χ1) is 15.6. The van der Waals surface area contributed by atoms with E-state index in [0.717, 1.165) is 56.4 Å². The molecule has 0 amide bonds. The fourth-order valence-electron chi connectivity index (χ4n) is 3.94. The Labute approximate surface area is 210 Å². The van der Waals surface area contributed by atoms with E-state index in [-0.39, 0.29) is 24.0 Å². The molecular weight excluding hydrogens is 537 g/mol. The number of anilines is 1. The molecule has 33 heavy (non-hydrogen) atoms. The van der Waals surface area contributed by atoms with Gasteiger partial charge in [0.05, 0.1) is 5.69 Å². The summed E-state index contributed by atoms with van der Waals surface area (Å²) >= 11 is 0. The monoisotopic (exact) mass is 566 g/mol. The van der Waals surface area contributed by atoms with Gasteiger partial charge in [-0.2, -0.15) is 5.10 Å². The Morgan fingerprint density at radius 1 is 1.09 bits per heavy atom. The van der Waals surface area contributed by atoms with Gasteiger partial charge in [0.15, 0.2) is 17.6 Å². The van der Waals surface area contributed by atoms with E-state index in [1.807, 2.05) is 16.9 Å². The van der Waals surface area contributed by atoms with E-state index in [0.29, 0.717) is 5.92 Å². The molecule has 3 aromatic rings. The molecule has 2 N–H and O–H groups in total. The first-order valence-electron chi connectivity index (χ1n) is 10.9. The van der Waals surface area contributed by atoms with Crippen LogP contribution in [0.1, 0.15) is 12.0 Å². The second-order valence-electron chi connectivity index (χ2n) is 7.95. The molecule has 2 heterocycles. The third-order valence-corrected chi connectivity index (χ3v) is 5.75. The number of hydrogen-bond acceptors (Lipinski definition) is 3. The van der Waals surface area contributed by atoms with Crippen LogP contribution in [0.2, 0.25) is 0 Å². The summed E-state index contributed by atoms with van der Waals surface area (Å²) < 4.78 is 28.5. The highest BCUT2D eigenvalue weighted by Gasteiger charge is 2.23. The van der Waals surface area contributed by atoms with Crippen molar-refractivity contribution in [2.75, 3.05) is 38.1 Å². The Bertz CT molecular complexity index is 1040. The zero-order valence-corrected chi connectivity index (χ0v) is 20.9. The molecule has 1 atom stereocenters. The molecular formula is C24H29F2IN6. The van der Waals surface area contributed by atoms with Crippen LogP contribution in [-0.2, 0) is 6.42 Å². The van der Waals surface area contributed by atoms with E-state index in [9.17, 15) is 8.78 Å². The first kappa shape index (κ1) is 24.9. The van der Waals surface area contributed by atoms with Crippen LogP contribution in [0.3, 0.4) is 0 Å². The second-order valence-corrected chi connectivity index (χ2v) is 7.95. The average Bonchev–Trinajstić information content (AvgIpc) is 3.51. The molecule has 0 aliphatic carbocycles. The van der Waals surface area contributed by atoms with Gasteiger partial charge in [-0.25, -0.2) is 13.5 Å². The van der Waals surface area contributed by atoms with E-state index < -0.39 is 11.6 Å². The maximum Gasteiger partial charge on any atom is 0.190 e. The highest BCUT2D eigenvalue weighted by atomic mass is 127. The number of aliphatic imine (C=N–C) groups is 1. The lowest BCUT2D eigenvalue weighted by Gasteiger charge is -2.19. The van der Waals surface area contributed by atoms with E-state index in [4.69, 9.17) is 0 Å². The lowest BCUT2D eigenvalue weighted by Crippen LogP contribution is -2.41. The number of rotatable bonds is 7. The third kappa shape index (κ3) is 6.66. The van der Waals surface area contributed by atoms with Gasteiger partial charge in [0.25, 0.3) is 0 Å². The minimum absolute atomic E-state index is 0. The maximum atomic E-state index is 13.5. The van der Waals surface area contributed by atoms with Gasteiger partial charge in [0, 0.05) is 57.4 Å². The Kier molecular flexibility index (Phi) is 9.04. The summed E-state index contributed by atoms with van der Waals surface area (Å²) in [6.07, 6.45) is 5.56. The van der Waals surface area contributed by atoms with Gasteiger partial charge in [0.1, 0.15) is 0 Å². The molecule has 1 aromatic heterocycles. The number of hydrogen-bond donors (Lipinski definition) is 2. The van der Waals surface area contributed by atoms with Crippen molar-refractivity contribution in [3.63, 3.8) is 0 Å². The summed E-state index contributed by atoms with van der Waals surface area (Å²) in [7, 11) is 1.76. The van der Waals surface area contributed by atoms with Crippen LogP contribution in [0.5, 0.6) is 0 Å². The second kappa shape index (κ2) is 12.0. The van der Waals surface area contributed by atoms with Crippen molar-refractivity contribution in [3.05, 3.63) is 78.1 Å². The van der Waals surface area contributed by atoms with Crippen LogP contribution < -0.4 is 15.5 Å². The summed E-state index contributed by atoms with van der Waals surface area (Å²) in [5.41, 5.74) is 3.01. The smallest absolute Gasteiger partial charge is 0.190 e. The molecule has 9 heteroatoms. The molecule has 1 unspecified atom stereocenters. The maximum absolute atomic E-state index is 13.5. The summed E-state index contributed by atoms with van der Waals surface area (Å²) in [5, 5.41) is 11.0. The zero-order chi connectivity index (χ0) is 22.3. The zero-order valence-electron chi connectivity index (χ0n) is 18.5. The first-order valence-corrected chi connectivity index (χ1v) is 10.9. The molecule has 1 saturated heterocycles. The van der Waals surface area contributed by atoms with Crippen LogP contribution in [0, 0.1) is 17.6 Å². The van der Waals surface area contributed by atoms with Crippen molar-refractivity contribution >= 4 is 35.6 Å². The third-order valence-electron chi connectivity index (χ3n) is 5.75. The highest BCUT2D eigenvalue weighted by Crippen LogP contribution is 2.25. The van der Waals surface area contributed by atoms with E-state index in [1.165, 1.54) is 17.7 Å². The van der Waals surface area contributed by atoms with Crippen molar-refractivity contribution in [3.8, 4) is 5.69 Å². The molecule has 0 saturated carbocycles. The standard InChI is InChI=1S/C24H28F2N6.HI/c1-27-24(28-12-9-18-3-5-20(6-4-18)32-13-2-11-30-32)29-16-19-10-14-31(17-19)21-7-8-22(25)23(26)15-21;/h2-8,11,13,15,19H,9-10,12,14,16-17H2,1H3,(H2,27,28,29);1H. The van der Waals surface area contributed by atoms with Gasteiger partial charge in [0.2, 0.25) is 0 Å². The van der Waals surface area contributed by atoms with Crippen LogP contribution in [0.25, 0.3) is 5.69 Å². The van der Waals surface area contributed by atoms with E-state index >= 15 is 0 Å². The van der Waals surface area contributed by atoms with Gasteiger partial charge >= 0.3 is 0 Å². The Morgan fingerprint density at radius 3 is 2.58 bits per heavy atom. The van der Waals surface area contributed by atoms with Crippen molar-refractivity contribution in [2.24, 2.45) is 10.9 Å². The molecule has 1 fully saturated rings. The van der Waals surface area contributed by atoms with Crippen molar-refractivity contribution < 1.29 is 8.78 Å². The number of benzene rings is 2. The topological polar surface area (TPSA) is 57.5 Å². The summed E-state index contributed by atoms with van der Waals surface area (Å²) in [6.45, 7) is 3.18. The summed E-state index contributed by atoms with van der Waals surface area (Å²) in [4.78, 5) is 6.40. The van der Waals surface area contributed by atoms with Gasteiger partial charge in [-0.05, 0) is 54.7 Å². The molecule has 6 nitrogen and oxygen atoms in total. The molecule has 4 rings (SSSR count). The Hall–Kier alpha value is -2.69. The van der Waals surface area contributed by atoms with Crippen molar-refractivity contribution in [1.29, 1.82) is 0 Å². The van der Waals surface area contributed by atoms with E-state index in [2.05, 4.69) is 49.9 Å². The SMILES string of the molecule is CN=C(NCCc1ccc(-n2cccn2)cc1)NCC1CCN(c2ccc(F)c(F)c2)C1.I. The Morgan fingerprint density at radius 2 is 1.88 bits per heavy atom. The summed E-state index contributed by atoms with van der Waals surface area (Å²) in [5.74, 6) is -0.430. The minimum atomic E-state index is -0.810. The lowest BCUT2D eigenvalue weighted by molar-refractivity contribution is 0.508. The lowest BCUT2D eigenvalue weighted by atomic mass is 10.1. The van der Waals surface area contributed by atoms with Crippen molar-refractivity contribution in [1.82, 2.24) is 20.4 Å². The number of guanidine groups is 1. The quantitative estimate of drug-likeness (QED) is 0.258. The van der Waals surface area contributed by atoms with Gasteiger partial charge in [-0.15, -0.1) is 24.0 Å². The molecule has 0 bridgehead atoms. The van der Waals surface area contributed by atoms with Crippen molar-refractivity contribution in [2.45, 2.75) is 12.8 Å². The Balaban J connectivity index is 0.00000306. The highest BCUT2D eigenvalue weighted by molar-refractivity contribution is 14.0. The predicted octanol–water partition coefficient (Wildman–Crippen LogP) is 4.00. The average molecular weight is 566 g/mol. The van der Waals surface area contributed by atoms with Crippen LogP contribution in [0.4, 0.5) is 14.5 Å². The van der Waals surface area contributed by atoms with Crippen LogP contribution >= 0.6 is 24.0 Å². The van der Waals surface area contributed by atoms with Gasteiger partial charge < -0.3 is 15.5 Å². The normalized spacial score (nSPS) is 15.9. The molecule has 1 aliphatic heterocycles. The minimum Gasteiger partial charge on any atom is -0.371 e. The van der Waals surface area contributed by atoms with Crippen LogP contribution in [0.15, 0.2) is 65.9 Å². The van der Waals surface area contributed by atoms with Gasteiger partial charge in [-0.1, -0.05) is 12.1 Å². The van der Waals surface area contributed by atoms with E-state index in [1.54, 1.807) is 19.3 Å². The number of aromatic nitrogens is 2. The summed E-state index contributed by atoms with van der Waals surface area (Å²) in [6, 6.07) is 14.3. The largest absolute Gasteiger partial charge is 0.371 e. The van der Waals surface area contributed by atoms with Crippen LogP contribution in [-0.4, -0.2) is 49.0 Å². The van der Waals surface area contributed by atoms with Gasteiger partial charge in [-0.3, -0.25) is 4.99 Å². The molecule has 0 radical (unpaired) electrons. The number of nitrogens with zero attached hydrogens (tertiary/aromatic N) is 4. The number of halogens is 3.